The van der Waals surface area contributed by atoms with Crippen LogP contribution in [0.4, 0.5) is 4.39 Å². The Kier molecular flexibility index (Phi) is 5.69. The van der Waals surface area contributed by atoms with Crippen molar-refractivity contribution in [2.24, 2.45) is 0 Å². The highest BCUT2D eigenvalue weighted by atomic mass is 19.1. The van der Waals surface area contributed by atoms with Crippen molar-refractivity contribution in [3.63, 3.8) is 0 Å². The van der Waals surface area contributed by atoms with Crippen molar-refractivity contribution in [2.75, 3.05) is 7.11 Å². The number of methoxy groups -OCH3 is 1. The molecule has 0 fully saturated rings. The molecule has 2 aromatic carbocycles. The summed E-state index contributed by atoms with van der Waals surface area (Å²) in [6, 6.07) is 17.5. The molecule has 0 aliphatic heterocycles. The molecule has 0 saturated heterocycles. The van der Waals surface area contributed by atoms with Crippen LogP contribution in [-0.2, 0) is 17.8 Å². The van der Waals surface area contributed by atoms with Gasteiger partial charge >= 0.3 is 0 Å². The third-order valence-corrected chi connectivity index (χ3v) is 4.05. The highest BCUT2D eigenvalue weighted by Gasteiger charge is 2.10. The van der Waals surface area contributed by atoms with Gasteiger partial charge in [-0.05, 0) is 42.0 Å². The first-order valence-electron chi connectivity index (χ1n) is 8.39. The smallest absolute Gasteiger partial charge is 0.220 e. The minimum absolute atomic E-state index is 0.0651. The summed E-state index contributed by atoms with van der Waals surface area (Å²) in [6.45, 7) is 0.460. The first-order chi connectivity index (χ1) is 12.7. The van der Waals surface area contributed by atoms with Crippen LogP contribution in [0, 0.1) is 5.82 Å². The summed E-state index contributed by atoms with van der Waals surface area (Å²) in [7, 11) is 1.61. The first-order valence-corrected chi connectivity index (χ1v) is 8.39. The van der Waals surface area contributed by atoms with Crippen LogP contribution in [0.5, 0.6) is 5.75 Å². The molecule has 3 aromatic rings. The molecule has 0 bridgehead atoms. The Balaban J connectivity index is 1.49. The van der Waals surface area contributed by atoms with E-state index in [1.807, 2.05) is 24.3 Å². The fourth-order valence-electron chi connectivity index (χ4n) is 2.59. The second kappa shape index (κ2) is 8.34. The molecule has 0 aliphatic rings. The molecule has 0 atom stereocenters. The Morgan fingerprint density at radius 2 is 1.85 bits per heavy atom. The third-order valence-electron chi connectivity index (χ3n) is 4.05. The molecule has 0 aliphatic carbocycles. The molecule has 0 unspecified atom stereocenters. The van der Waals surface area contributed by atoms with Crippen LogP contribution in [0.1, 0.15) is 17.7 Å². The van der Waals surface area contributed by atoms with Gasteiger partial charge in [-0.3, -0.25) is 4.79 Å². The van der Waals surface area contributed by atoms with Crippen molar-refractivity contribution in [3.05, 3.63) is 77.8 Å². The molecule has 1 amide bonds. The van der Waals surface area contributed by atoms with Crippen molar-refractivity contribution in [3.8, 4) is 17.1 Å². The summed E-state index contributed by atoms with van der Waals surface area (Å²) in [5.74, 6) is 1.51. The lowest BCUT2D eigenvalue weighted by Crippen LogP contribution is -2.22. The van der Waals surface area contributed by atoms with Crippen molar-refractivity contribution in [2.45, 2.75) is 19.4 Å². The number of carbonyl (C=O) groups excluding carboxylic acids is 1. The number of benzene rings is 2. The van der Waals surface area contributed by atoms with E-state index in [1.165, 1.54) is 6.07 Å². The lowest BCUT2D eigenvalue weighted by Gasteiger charge is -2.06. The molecule has 26 heavy (non-hydrogen) atoms. The molecule has 0 saturated carbocycles. The summed E-state index contributed by atoms with van der Waals surface area (Å²) in [5, 5.41) is 2.87. The number of carbonyl (C=O) groups is 1. The van der Waals surface area contributed by atoms with E-state index in [0.29, 0.717) is 36.5 Å². The van der Waals surface area contributed by atoms with E-state index in [4.69, 9.17) is 9.15 Å². The lowest BCUT2D eigenvalue weighted by molar-refractivity contribution is -0.121. The van der Waals surface area contributed by atoms with E-state index in [2.05, 4.69) is 5.32 Å². The molecule has 0 spiro atoms. The number of nitrogens with one attached hydrogen (secondary N) is 1. The predicted molar refractivity (Wildman–Crippen MR) is 97.3 cm³/mol. The van der Waals surface area contributed by atoms with Crippen LogP contribution in [0.2, 0.25) is 0 Å². The van der Waals surface area contributed by atoms with E-state index < -0.39 is 0 Å². The van der Waals surface area contributed by atoms with E-state index in [9.17, 15) is 9.18 Å². The zero-order valence-electron chi connectivity index (χ0n) is 14.5. The van der Waals surface area contributed by atoms with Crippen molar-refractivity contribution in [1.82, 2.24) is 5.32 Å². The third kappa shape index (κ3) is 4.51. The van der Waals surface area contributed by atoms with Crippen molar-refractivity contribution in [1.29, 1.82) is 0 Å². The maximum atomic E-state index is 13.8. The maximum absolute atomic E-state index is 13.8. The second-order valence-electron chi connectivity index (χ2n) is 5.87. The summed E-state index contributed by atoms with van der Waals surface area (Å²) in [5.41, 5.74) is 1.42. The molecule has 1 aromatic heterocycles. The topological polar surface area (TPSA) is 51.5 Å². The molecule has 134 valence electrons. The second-order valence-corrected chi connectivity index (χ2v) is 5.87. The van der Waals surface area contributed by atoms with Crippen LogP contribution >= 0.6 is 0 Å². The molecule has 1 N–H and O–H groups in total. The van der Waals surface area contributed by atoms with Gasteiger partial charge in [0.05, 0.1) is 12.7 Å². The van der Waals surface area contributed by atoms with Gasteiger partial charge in [-0.2, -0.15) is 0 Å². The van der Waals surface area contributed by atoms with Crippen molar-refractivity contribution >= 4 is 5.91 Å². The number of ether oxygens (including phenoxy) is 1. The summed E-state index contributed by atoms with van der Waals surface area (Å²) < 4.78 is 24.5. The van der Waals surface area contributed by atoms with E-state index in [1.54, 1.807) is 37.4 Å². The normalized spacial score (nSPS) is 10.5. The van der Waals surface area contributed by atoms with Crippen LogP contribution in [-0.4, -0.2) is 13.0 Å². The van der Waals surface area contributed by atoms with Gasteiger partial charge in [-0.25, -0.2) is 4.39 Å². The molecule has 4 nitrogen and oxygen atoms in total. The SMILES string of the molecule is COc1ccc(CNC(=O)CCc2ccc(-c3ccccc3F)o2)cc1. The minimum atomic E-state index is -0.328. The highest BCUT2D eigenvalue weighted by Crippen LogP contribution is 2.25. The number of hydrogen-bond donors (Lipinski definition) is 1. The zero-order chi connectivity index (χ0) is 18.4. The Morgan fingerprint density at radius 1 is 1.08 bits per heavy atom. The standard InChI is InChI=1S/C21H20FNO3/c1-25-16-8-6-15(7-9-16)14-23-21(24)13-11-17-10-12-20(26-17)18-4-2-3-5-19(18)22/h2-10,12H,11,13-14H2,1H3,(H,23,24). The fraction of sp³-hybridized carbons (Fsp3) is 0.190. The van der Waals surface area contributed by atoms with E-state index in [-0.39, 0.29) is 11.7 Å². The molecule has 0 radical (unpaired) electrons. The van der Waals surface area contributed by atoms with Gasteiger partial charge < -0.3 is 14.5 Å². The van der Waals surface area contributed by atoms with Crippen LogP contribution < -0.4 is 10.1 Å². The number of amides is 1. The number of rotatable bonds is 7. The van der Waals surface area contributed by atoms with Gasteiger partial charge in [0.2, 0.25) is 5.91 Å². The Bertz CT molecular complexity index is 871. The van der Waals surface area contributed by atoms with Crippen molar-refractivity contribution < 1.29 is 18.3 Å². The monoisotopic (exact) mass is 353 g/mol. The quantitative estimate of drug-likeness (QED) is 0.687. The van der Waals surface area contributed by atoms with Gasteiger partial charge in [-0.1, -0.05) is 24.3 Å². The zero-order valence-corrected chi connectivity index (χ0v) is 14.5. The molecular formula is C21H20FNO3. The largest absolute Gasteiger partial charge is 0.497 e. The number of aryl methyl sites for hydroxylation is 1. The summed E-state index contributed by atoms with van der Waals surface area (Å²) in [6.07, 6.45) is 0.767. The molecule has 5 heteroatoms. The van der Waals surface area contributed by atoms with Crippen LogP contribution in [0.15, 0.2) is 65.1 Å². The van der Waals surface area contributed by atoms with Gasteiger partial charge in [0.15, 0.2) is 0 Å². The van der Waals surface area contributed by atoms with Gasteiger partial charge in [0.1, 0.15) is 23.1 Å². The molecule has 1 heterocycles. The highest BCUT2D eigenvalue weighted by molar-refractivity contribution is 5.76. The Morgan fingerprint density at radius 3 is 2.58 bits per heavy atom. The van der Waals surface area contributed by atoms with Gasteiger partial charge in [0, 0.05) is 19.4 Å². The maximum Gasteiger partial charge on any atom is 0.220 e. The van der Waals surface area contributed by atoms with Gasteiger partial charge in [-0.15, -0.1) is 0 Å². The van der Waals surface area contributed by atoms with Gasteiger partial charge in [0.25, 0.3) is 0 Å². The number of furan rings is 1. The summed E-state index contributed by atoms with van der Waals surface area (Å²) >= 11 is 0. The van der Waals surface area contributed by atoms with E-state index in [0.717, 1.165) is 11.3 Å². The predicted octanol–water partition coefficient (Wildman–Crippen LogP) is 4.34. The first kappa shape index (κ1) is 17.7. The lowest BCUT2D eigenvalue weighted by atomic mass is 10.1. The fourth-order valence-corrected chi connectivity index (χ4v) is 2.59. The average molecular weight is 353 g/mol. The van der Waals surface area contributed by atoms with Crippen LogP contribution in [0.3, 0.4) is 0 Å². The Hall–Kier alpha value is -3.08. The molecular weight excluding hydrogens is 333 g/mol. The van der Waals surface area contributed by atoms with E-state index >= 15 is 0 Å². The number of halogens is 1. The van der Waals surface area contributed by atoms with Crippen LogP contribution in [0.25, 0.3) is 11.3 Å². The average Bonchev–Trinajstić information content (AvgIpc) is 3.14. The molecule has 3 rings (SSSR count). The number of hydrogen-bond acceptors (Lipinski definition) is 3. The summed E-state index contributed by atoms with van der Waals surface area (Å²) in [4.78, 5) is 12.0. The minimum Gasteiger partial charge on any atom is -0.497 e. The Labute approximate surface area is 151 Å².